The summed E-state index contributed by atoms with van der Waals surface area (Å²) < 4.78 is 23.9. The normalized spacial score (nSPS) is 38.7. The van der Waals surface area contributed by atoms with Crippen LogP contribution in [0.25, 0.3) is 0 Å². The van der Waals surface area contributed by atoms with E-state index in [0.29, 0.717) is 0 Å². The van der Waals surface area contributed by atoms with Crippen LogP contribution in [-0.4, -0.2) is 62.6 Å². The number of nitrogens with zero attached hydrogens (tertiary/aromatic N) is 1. The van der Waals surface area contributed by atoms with Crippen molar-refractivity contribution in [2.75, 3.05) is 34.9 Å². The molecule has 0 unspecified atom stereocenters. The summed E-state index contributed by atoms with van der Waals surface area (Å²) in [5, 5.41) is 0. The van der Waals surface area contributed by atoms with Crippen LogP contribution < -0.4 is 9.47 Å². The summed E-state index contributed by atoms with van der Waals surface area (Å²) in [6.45, 7) is 0.951. The van der Waals surface area contributed by atoms with E-state index in [2.05, 4.69) is 24.1 Å². The third-order valence-electron chi connectivity index (χ3n) is 7.09. The summed E-state index contributed by atoms with van der Waals surface area (Å²) in [6, 6.07) is 4.35. The molecule has 1 spiro atoms. The van der Waals surface area contributed by atoms with Crippen LogP contribution >= 0.6 is 11.6 Å². The van der Waals surface area contributed by atoms with Crippen LogP contribution in [0.2, 0.25) is 0 Å². The second-order valence-electron chi connectivity index (χ2n) is 7.78. The van der Waals surface area contributed by atoms with E-state index in [9.17, 15) is 0 Å². The van der Waals surface area contributed by atoms with Gasteiger partial charge in [0, 0.05) is 25.8 Å². The molecule has 2 bridgehead atoms. The summed E-state index contributed by atoms with van der Waals surface area (Å²) in [5.74, 6) is 0.563. The van der Waals surface area contributed by atoms with E-state index in [4.69, 9.17) is 30.5 Å². The molecule has 0 aromatic heterocycles. The minimum absolute atomic E-state index is 0.193. The molecule has 1 aromatic carbocycles. The first-order valence-electron chi connectivity index (χ1n) is 9.04. The van der Waals surface area contributed by atoms with Crippen molar-refractivity contribution >= 4 is 11.6 Å². The van der Waals surface area contributed by atoms with Crippen molar-refractivity contribution in [2.24, 2.45) is 0 Å². The molecule has 0 amide bonds. The van der Waals surface area contributed by atoms with E-state index in [1.54, 1.807) is 21.3 Å². The number of hydrogen-bond donors (Lipinski definition) is 0. The van der Waals surface area contributed by atoms with Crippen molar-refractivity contribution in [3.8, 4) is 11.5 Å². The number of halogens is 1. The van der Waals surface area contributed by atoms with Crippen molar-refractivity contribution in [1.82, 2.24) is 4.90 Å². The first-order chi connectivity index (χ1) is 12.5. The molecule has 4 aliphatic rings. The molecule has 6 heteroatoms. The monoisotopic (exact) mass is 377 g/mol. The summed E-state index contributed by atoms with van der Waals surface area (Å²) in [4.78, 5) is 1.80. The molecular formula is C20H24ClNO4. The van der Waals surface area contributed by atoms with Gasteiger partial charge in [0.1, 0.15) is 0 Å². The van der Waals surface area contributed by atoms with Gasteiger partial charge in [0.15, 0.2) is 17.6 Å². The molecule has 1 aromatic rings. The first kappa shape index (κ1) is 16.9. The van der Waals surface area contributed by atoms with Crippen LogP contribution in [0.4, 0.5) is 0 Å². The van der Waals surface area contributed by atoms with Crippen molar-refractivity contribution < 1.29 is 18.9 Å². The van der Waals surface area contributed by atoms with Gasteiger partial charge in [-0.1, -0.05) is 12.1 Å². The summed E-state index contributed by atoms with van der Waals surface area (Å²) in [5.41, 5.74) is 2.06. The van der Waals surface area contributed by atoms with Crippen molar-refractivity contribution in [2.45, 2.75) is 41.1 Å². The lowest BCUT2D eigenvalue weighted by atomic mass is 9.52. The van der Waals surface area contributed by atoms with Gasteiger partial charge in [-0.05, 0) is 44.1 Å². The molecule has 2 heterocycles. The van der Waals surface area contributed by atoms with Gasteiger partial charge in [-0.15, -0.1) is 11.6 Å². The number of piperidine rings is 1. The highest BCUT2D eigenvalue weighted by atomic mass is 35.5. The number of ether oxygens (including phenoxy) is 4. The van der Waals surface area contributed by atoms with E-state index in [1.165, 1.54) is 11.1 Å². The van der Waals surface area contributed by atoms with E-state index < -0.39 is 16.1 Å². The first-order valence-corrected chi connectivity index (χ1v) is 9.42. The summed E-state index contributed by atoms with van der Waals surface area (Å²) in [7, 11) is 7.15. The van der Waals surface area contributed by atoms with Gasteiger partial charge < -0.3 is 23.8 Å². The largest absolute Gasteiger partial charge is 0.493 e. The van der Waals surface area contributed by atoms with Crippen LogP contribution in [-0.2, 0) is 21.3 Å². The van der Waals surface area contributed by atoms with Crippen LogP contribution in [0.1, 0.15) is 17.5 Å². The van der Waals surface area contributed by atoms with Crippen molar-refractivity contribution in [3.63, 3.8) is 0 Å². The molecule has 0 N–H and O–H groups in total. The SMILES string of the molecule is COc1ccc2c3c1O[C@@H]1C(OC)(OC)C=C[C@]4(Cl)[C@H](C2)N(C)CC[C@@]314. The number of alkyl halides is 1. The Labute approximate surface area is 158 Å². The van der Waals surface area contributed by atoms with Gasteiger partial charge in [-0.3, -0.25) is 0 Å². The van der Waals surface area contributed by atoms with Gasteiger partial charge in [0.25, 0.3) is 0 Å². The average Bonchev–Trinajstić information content (AvgIpc) is 3.01. The standard InChI is InChI=1S/C20H24ClNO4/c1-22-10-9-18-15-12-5-6-13(23-2)16(15)26-17(18)20(24-3,25-4)8-7-19(18,21)14(22)11-12/h5-8,14,17H,9-11H2,1-4H3/t14-,17-,18+,19-/m0/s1. The minimum atomic E-state index is -0.975. The van der Waals surface area contributed by atoms with Gasteiger partial charge in [-0.2, -0.15) is 0 Å². The minimum Gasteiger partial charge on any atom is -0.493 e. The molecule has 5 nitrogen and oxygen atoms in total. The Balaban J connectivity index is 1.86. The predicted octanol–water partition coefficient (Wildman–Crippen LogP) is 2.49. The van der Waals surface area contributed by atoms with E-state index >= 15 is 0 Å². The molecular weight excluding hydrogens is 354 g/mol. The predicted molar refractivity (Wildman–Crippen MR) is 98.3 cm³/mol. The lowest BCUT2D eigenvalue weighted by molar-refractivity contribution is -0.241. The zero-order valence-corrected chi connectivity index (χ0v) is 16.3. The summed E-state index contributed by atoms with van der Waals surface area (Å²) in [6.07, 6.45) is 5.44. The Bertz CT molecular complexity index is 807. The van der Waals surface area contributed by atoms with Crippen LogP contribution in [0.15, 0.2) is 24.3 Å². The number of hydrogen-bond acceptors (Lipinski definition) is 5. The van der Waals surface area contributed by atoms with Crippen LogP contribution in [0, 0.1) is 0 Å². The number of rotatable bonds is 3. The molecule has 26 heavy (non-hydrogen) atoms. The number of likely N-dealkylation sites (N-methyl/N-ethyl adjacent to an activating group) is 1. The second-order valence-corrected chi connectivity index (χ2v) is 8.41. The topological polar surface area (TPSA) is 40.2 Å². The Morgan fingerprint density at radius 2 is 1.96 bits per heavy atom. The Kier molecular flexibility index (Phi) is 3.35. The molecule has 4 atom stereocenters. The lowest BCUT2D eigenvalue weighted by Crippen LogP contribution is -2.75. The molecule has 5 rings (SSSR count). The Morgan fingerprint density at radius 1 is 1.19 bits per heavy atom. The van der Waals surface area contributed by atoms with E-state index in [0.717, 1.165) is 30.9 Å². The molecule has 0 saturated carbocycles. The number of methoxy groups -OCH3 is 3. The van der Waals surface area contributed by atoms with Gasteiger partial charge in [-0.25, -0.2) is 0 Å². The maximum atomic E-state index is 7.46. The van der Waals surface area contributed by atoms with Crippen LogP contribution in [0.3, 0.4) is 0 Å². The Hall–Kier alpha value is -1.27. The average molecular weight is 378 g/mol. The summed E-state index contributed by atoms with van der Waals surface area (Å²) >= 11 is 7.46. The number of benzene rings is 1. The molecule has 1 saturated heterocycles. The maximum absolute atomic E-state index is 7.46. The molecule has 140 valence electrons. The third kappa shape index (κ3) is 1.61. The fraction of sp³-hybridized carbons (Fsp3) is 0.600. The maximum Gasteiger partial charge on any atom is 0.226 e. The zero-order chi connectivity index (χ0) is 18.3. The molecule has 1 fully saturated rings. The second kappa shape index (κ2) is 5.16. The van der Waals surface area contributed by atoms with Gasteiger partial charge >= 0.3 is 0 Å². The fourth-order valence-corrected chi connectivity index (χ4v) is 6.41. The number of likely N-dealkylation sites (tertiary alicyclic amines) is 1. The highest BCUT2D eigenvalue weighted by Gasteiger charge is 2.74. The van der Waals surface area contributed by atoms with E-state index in [1.807, 2.05) is 12.1 Å². The zero-order valence-electron chi connectivity index (χ0n) is 15.5. The molecule has 2 aliphatic heterocycles. The quantitative estimate of drug-likeness (QED) is 0.460. The highest BCUT2D eigenvalue weighted by molar-refractivity contribution is 6.27. The fourth-order valence-electron chi connectivity index (χ4n) is 5.81. The van der Waals surface area contributed by atoms with Gasteiger partial charge in [0.05, 0.1) is 17.4 Å². The molecule has 2 aliphatic carbocycles. The van der Waals surface area contributed by atoms with Crippen LogP contribution in [0.5, 0.6) is 11.5 Å². The van der Waals surface area contributed by atoms with Crippen molar-refractivity contribution in [3.05, 3.63) is 35.4 Å². The highest BCUT2D eigenvalue weighted by Crippen LogP contribution is 2.67. The Morgan fingerprint density at radius 3 is 2.65 bits per heavy atom. The smallest absolute Gasteiger partial charge is 0.226 e. The third-order valence-corrected chi connectivity index (χ3v) is 7.81. The van der Waals surface area contributed by atoms with Gasteiger partial charge in [0.2, 0.25) is 5.79 Å². The molecule has 0 radical (unpaired) electrons. The van der Waals surface area contributed by atoms with Crippen molar-refractivity contribution in [1.29, 1.82) is 0 Å². The lowest BCUT2D eigenvalue weighted by Gasteiger charge is -2.62. The van der Waals surface area contributed by atoms with E-state index in [-0.39, 0.29) is 12.1 Å².